The van der Waals surface area contributed by atoms with Crippen LogP contribution in [-0.2, 0) is 26.4 Å². The molecule has 3 unspecified atom stereocenters. The van der Waals surface area contributed by atoms with Gasteiger partial charge in [-0.2, -0.15) is 0 Å². The summed E-state index contributed by atoms with van der Waals surface area (Å²) >= 11 is -2.78. The fraction of sp³-hybridized carbons (Fsp3) is 0.529. The largest absolute Gasteiger partial charge is 0.760 e. The molecule has 0 aromatic heterocycles. The van der Waals surface area contributed by atoms with Crippen LogP contribution < -0.4 is 20.1 Å². The molecule has 1 aromatic carbocycles. The lowest BCUT2D eigenvalue weighted by Gasteiger charge is -2.38. The second kappa shape index (κ2) is 10.2. The standard InChI is InChI=1S/C17H27N3O5S/c1-5-6-11-19-15(21)12(2)17(16(22)18-3,20-26(23)24)13-7-9-14(25-4)10-8-13/h7-10,12,20H,5-6,11H2,1-4H3,(H,18,22)(H,19,21)(H,23,24)/p-1. The molecular weight excluding hydrogens is 358 g/mol. The number of rotatable bonds is 10. The van der Waals surface area contributed by atoms with Gasteiger partial charge in [0, 0.05) is 24.9 Å². The van der Waals surface area contributed by atoms with E-state index in [4.69, 9.17) is 4.74 Å². The molecule has 0 aliphatic carbocycles. The van der Waals surface area contributed by atoms with E-state index >= 15 is 0 Å². The first kappa shape index (κ1) is 22.1. The molecule has 0 radical (unpaired) electrons. The molecule has 2 amide bonds. The van der Waals surface area contributed by atoms with Gasteiger partial charge in [0.15, 0.2) is 0 Å². The van der Waals surface area contributed by atoms with Gasteiger partial charge in [-0.15, -0.1) is 0 Å². The summed E-state index contributed by atoms with van der Waals surface area (Å²) < 4.78 is 30.3. The zero-order valence-corrected chi connectivity index (χ0v) is 16.3. The quantitative estimate of drug-likeness (QED) is 0.402. The van der Waals surface area contributed by atoms with E-state index in [1.54, 1.807) is 24.3 Å². The summed E-state index contributed by atoms with van der Waals surface area (Å²) in [5.41, 5.74) is -1.45. The van der Waals surface area contributed by atoms with Gasteiger partial charge in [-0.1, -0.05) is 32.4 Å². The third-order valence-electron chi connectivity index (χ3n) is 4.25. The molecule has 1 aromatic rings. The Morgan fingerprint density at radius 3 is 2.38 bits per heavy atom. The number of unbranched alkanes of at least 4 members (excludes halogenated alkanes) is 1. The van der Waals surface area contributed by atoms with Crippen LogP contribution in [0.1, 0.15) is 32.3 Å². The summed E-state index contributed by atoms with van der Waals surface area (Å²) in [4.78, 5) is 25.3. The van der Waals surface area contributed by atoms with Crippen LogP contribution in [-0.4, -0.2) is 41.3 Å². The van der Waals surface area contributed by atoms with Gasteiger partial charge in [0.05, 0.1) is 13.0 Å². The van der Waals surface area contributed by atoms with Crippen molar-refractivity contribution >= 4 is 23.1 Å². The number of benzene rings is 1. The maximum absolute atomic E-state index is 12.7. The molecular formula is C17H26N3O5S-. The second-order valence-corrected chi connectivity index (χ2v) is 6.49. The molecule has 26 heavy (non-hydrogen) atoms. The summed E-state index contributed by atoms with van der Waals surface area (Å²) in [5, 5.41) is 5.20. The number of amides is 2. The maximum atomic E-state index is 12.7. The monoisotopic (exact) mass is 384 g/mol. The first-order valence-electron chi connectivity index (χ1n) is 8.34. The van der Waals surface area contributed by atoms with Gasteiger partial charge in [-0.3, -0.25) is 13.8 Å². The molecule has 8 nitrogen and oxygen atoms in total. The Morgan fingerprint density at radius 1 is 1.31 bits per heavy atom. The van der Waals surface area contributed by atoms with Gasteiger partial charge >= 0.3 is 0 Å². The molecule has 0 saturated carbocycles. The van der Waals surface area contributed by atoms with E-state index in [0.29, 0.717) is 17.9 Å². The van der Waals surface area contributed by atoms with Crippen molar-refractivity contribution in [1.82, 2.24) is 15.4 Å². The Hall–Kier alpha value is -1.97. The average molecular weight is 384 g/mol. The highest BCUT2D eigenvalue weighted by atomic mass is 32.2. The molecule has 9 heteroatoms. The molecule has 146 valence electrons. The SMILES string of the molecule is CCCCNC(=O)C(C)C(NS(=O)[O-])(C(=O)NC)c1ccc(OC)cc1. The third kappa shape index (κ3) is 5.03. The number of hydrogen-bond donors (Lipinski definition) is 3. The van der Waals surface area contributed by atoms with Gasteiger partial charge in [0.1, 0.15) is 11.3 Å². The first-order valence-corrected chi connectivity index (χ1v) is 9.42. The zero-order chi connectivity index (χ0) is 19.7. The summed E-state index contributed by atoms with van der Waals surface area (Å²) in [6.45, 7) is 3.96. The Balaban J connectivity index is 3.39. The number of nitrogens with one attached hydrogen (secondary N) is 3. The van der Waals surface area contributed by atoms with Gasteiger partial charge < -0.3 is 19.9 Å². The average Bonchev–Trinajstić information content (AvgIpc) is 2.64. The molecule has 3 N–H and O–H groups in total. The van der Waals surface area contributed by atoms with E-state index in [9.17, 15) is 18.4 Å². The predicted molar refractivity (Wildman–Crippen MR) is 97.9 cm³/mol. The summed E-state index contributed by atoms with van der Waals surface area (Å²) in [7, 11) is 2.88. The fourth-order valence-corrected chi connectivity index (χ4v) is 3.34. The highest BCUT2D eigenvalue weighted by molar-refractivity contribution is 7.77. The van der Waals surface area contributed by atoms with Crippen LogP contribution >= 0.6 is 0 Å². The Bertz CT molecular complexity index is 638. The molecule has 0 heterocycles. The van der Waals surface area contributed by atoms with E-state index in [1.807, 2.05) is 6.92 Å². The van der Waals surface area contributed by atoms with E-state index in [-0.39, 0.29) is 0 Å². The Kier molecular flexibility index (Phi) is 8.70. The van der Waals surface area contributed by atoms with Gasteiger partial charge in [-0.25, -0.2) is 4.72 Å². The molecule has 0 aliphatic heterocycles. The lowest BCUT2D eigenvalue weighted by Crippen LogP contribution is -2.61. The first-order chi connectivity index (χ1) is 12.3. The number of ether oxygens (including phenoxy) is 1. The minimum atomic E-state index is -2.78. The maximum Gasteiger partial charge on any atom is 0.246 e. The van der Waals surface area contributed by atoms with Crippen LogP contribution in [0.2, 0.25) is 0 Å². The number of carbonyl (C=O) groups is 2. The highest BCUT2D eigenvalue weighted by Gasteiger charge is 2.48. The van der Waals surface area contributed by atoms with Crippen molar-refractivity contribution in [2.24, 2.45) is 5.92 Å². The van der Waals surface area contributed by atoms with Crippen molar-refractivity contribution in [3.8, 4) is 5.75 Å². The summed E-state index contributed by atoms with van der Waals surface area (Å²) in [6.07, 6.45) is 1.69. The minimum Gasteiger partial charge on any atom is -0.760 e. The van der Waals surface area contributed by atoms with Crippen LogP contribution in [0.15, 0.2) is 24.3 Å². The predicted octanol–water partition coefficient (Wildman–Crippen LogP) is 0.573. The van der Waals surface area contributed by atoms with Crippen LogP contribution in [0.4, 0.5) is 0 Å². The van der Waals surface area contributed by atoms with E-state index in [0.717, 1.165) is 12.8 Å². The van der Waals surface area contributed by atoms with Crippen molar-refractivity contribution in [3.63, 3.8) is 0 Å². The smallest absolute Gasteiger partial charge is 0.246 e. The van der Waals surface area contributed by atoms with Gasteiger partial charge in [0.25, 0.3) is 0 Å². The lowest BCUT2D eigenvalue weighted by atomic mass is 9.78. The van der Waals surface area contributed by atoms with Gasteiger partial charge in [-0.05, 0) is 24.1 Å². The molecule has 3 atom stereocenters. The normalized spacial score (nSPS) is 15.4. The minimum absolute atomic E-state index is 0.333. The number of carbonyl (C=O) groups excluding carboxylic acids is 2. The topological polar surface area (TPSA) is 120 Å². The molecule has 0 bridgehead atoms. The Labute approximate surface area is 156 Å². The van der Waals surface area contributed by atoms with Crippen LogP contribution in [0.25, 0.3) is 0 Å². The van der Waals surface area contributed by atoms with Crippen molar-refractivity contribution in [2.75, 3.05) is 20.7 Å². The van der Waals surface area contributed by atoms with Gasteiger partial charge in [0.2, 0.25) is 11.8 Å². The van der Waals surface area contributed by atoms with Crippen LogP contribution in [0, 0.1) is 5.92 Å². The molecule has 0 saturated heterocycles. The third-order valence-corrected chi connectivity index (χ3v) is 4.74. The Morgan fingerprint density at radius 2 is 1.92 bits per heavy atom. The molecule has 0 spiro atoms. The lowest BCUT2D eigenvalue weighted by molar-refractivity contribution is -0.136. The zero-order valence-electron chi connectivity index (χ0n) is 15.5. The molecule has 0 fully saturated rings. The van der Waals surface area contributed by atoms with Crippen LogP contribution in [0.3, 0.4) is 0 Å². The van der Waals surface area contributed by atoms with E-state index < -0.39 is 34.5 Å². The van der Waals surface area contributed by atoms with E-state index in [1.165, 1.54) is 21.1 Å². The van der Waals surface area contributed by atoms with E-state index in [2.05, 4.69) is 15.4 Å². The van der Waals surface area contributed by atoms with Crippen molar-refractivity contribution < 1.29 is 23.1 Å². The number of likely N-dealkylation sites (N-methyl/N-ethyl adjacent to an activating group) is 1. The van der Waals surface area contributed by atoms with Crippen molar-refractivity contribution in [3.05, 3.63) is 29.8 Å². The van der Waals surface area contributed by atoms with Crippen molar-refractivity contribution in [2.45, 2.75) is 32.2 Å². The highest BCUT2D eigenvalue weighted by Crippen LogP contribution is 2.32. The summed E-state index contributed by atoms with van der Waals surface area (Å²) in [6, 6.07) is 6.32. The second-order valence-electron chi connectivity index (χ2n) is 5.82. The summed E-state index contributed by atoms with van der Waals surface area (Å²) in [5.74, 6) is -1.51. The van der Waals surface area contributed by atoms with Crippen LogP contribution in [0.5, 0.6) is 5.75 Å². The number of hydrogen-bond acceptors (Lipinski definition) is 5. The van der Waals surface area contributed by atoms with Crippen molar-refractivity contribution in [1.29, 1.82) is 0 Å². The number of methoxy groups -OCH3 is 1. The fourth-order valence-electron chi connectivity index (χ4n) is 2.69. The molecule has 0 aliphatic rings. The molecule has 1 rings (SSSR count).